The van der Waals surface area contributed by atoms with Crippen LogP contribution in [0.3, 0.4) is 0 Å². The van der Waals surface area contributed by atoms with Crippen LogP contribution in [0.4, 0.5) is 10.5 Å². The van der Waals surface area contributed by atoms with Crippen molar-refractivity contribution in [1.29, 1.82) is 0 Å². The molecule has 0 spiro atoms. The molecule has 1 aliphatic carbocycles. The van der Waals surface area contributed by atoms with E-state index in [1.807, 2.05) is 25.1 Å². The number of carbonyl (C=O) groups excluding carboxylic acids is 3. The summed E-state index contributed by atoms with van der Waals surface area (Å²) in [5, 5.41) is 5.60. The van der Waals surface area contributed by atoms with Crippen LogP contribution in [0.5, 0.6) is 5.75 Å². The van der Waals surface area contributed by atoms with Gasteiger partial charge in [0, 0.05) is 5.69 Å². The SMILES string of the molecule is CC[C@@]1(c2ccc(OC)cc2)NC(=O)N(CC(=O)Nc2ccc3c(c2)CCC3)C1=O. The number of amides is 4. The number of rotatable bonds is 6. The number of benzene rings is 2. The van der Waals surface area contributed by atoms with Gasteiger partial charge < -0.3 is 15.4 Å². The van der Waals surface area contributed by atoms with E-state index >= 15 is 0 Å². The minimum absolute atomic E-state index is 0.334. The van der Waals surface area contributed by atoms with Crippen molar-refractivity contribution >= 4 is 23.5 Å². The van der Waals surface area contributed by atoms with Crippen LogP contribution in [0.25, 0.3) is 0 Å². The number of ether oxygens (including phenoxy) is 1. The lowest BCUT2D eigenvalue weighted by Crippen LogP contribution is -2.44. The molecule has 7 nitrogen and oxygen atoms in total. The summed E-state index contributed by atoms with van der Waals surface area (Å²) in [5.41, 5.74) is 2.72. The van der Waals surface area contributed by atoms with E-state index in [2.05, 4.69) is 10.6 Å². The lowest BCUT2D eigenvalue weighted by atomic mass is 9.87. The number of nitrogens with one attached hydrogen (secondary N) is 2. The van der Waals surface area contributed by atoms with Gasteiger partial charge in [0.15, 0.2) is 0 Å². The molecule has 1 aliphatic heterocycles. The summed E-state index contributed by atoms with van der Waals surface area (Å²) in [6.07, 6.45) is 3.57. The van der Waals surface area contributed by atoms with E-state index in [1.165, 1.54) is 11.1 Å². The monoisotopic (exact) mass is 407 g/mol. The van der Waals surface area contributed by atoms with Crippen LogP contribution in [-0.4, -0.2) is 36.4 Å². The summed E-state index contributed by atoms with van der Waals surface area (Å²) in [7, 11) is 1.56. The summed E-state index contributed by atoms with van der Waals surface area (Å²) >= 11 is 0. The zero-order valence-corrected chi connectivity index (χ0v) is 17.2. The second-order valence-corrected chi connectivity index (χ2v) is 7.69. The van der Waals surface area contributed by atoms with E-state index in [-0.39, 0.29) is 6.54 Å². The van der Waals surface area contributed by atoms with Crippen molar-refractivity contribution in [1.82, 2.24) is 10.2 Å². The second kappa shape index (κ2) is 7.82. The van der Waals surface area contributed by atoms with E-state index in [4.69, 9.17) is 4.74 Å². The van der Waals surface area contributed by atoms with Crippen molar-refractivity contribution in [3.05, 3.63) is 59.2 Å². The molecule has 0 radical (unpaired) electrons. The van der Waals surface area contributed by atoms with Gasteiger partial charge in [-0.2, -0.15) is 0 Å². The Bertz CT molecular complexity index is 1000. The number of aryl methyl sites for hydroxylation is 2. The van der Waals surface area contributed by atoms with Crippen molar-refractivity contribution in [2.45, 2.75) is 38.1 Å². The molecule has 1 saturated heterocycles. The molecule has 1 atom stereocenters. The van der Waals surface area contributed by atoms with Gasteiger partial charge in [-0.1, -0.05) is 25.1 Å². The summed E-state index contributed by atoms with van der Waals surface area (Å²) in [6.45, 7) is 1.50. The lowest BCUT2D eigenvalue weighted by Gasteiger charge is -2.26. The molecule has 4 amide bonds. The highest BCUT2D eigenvalue weighted by Crippen LogP contribution is 2.33. The number of methoxy groups -OCH3 is 1. The first-order valence-corrected chi connectivity index (χ1v) is 10.2. The summed E-state index contributed by atoms with van der Waals surface area (Å²) in [4.78, 5) is 39.3. The van der Waals surface area contributed by atoms with Crippen molar-refractivity contribution in [3.63, 3.8) is 0 Å². The minimum Gasteiger partial charge on any atom is -0.497 e. The fourth-order valence-corrected chi connectivity index (χ4v) is 4.28. The quantitative estimate of drug-likeness (QED) is 0.721. The van der Waals surface area contributed by atoms with Crippen LogP contribution < -0.4 is 15.4 Å². The van der Waals surface area contributed by atoms with Crippen LogP contribution in [0.1, 0.15) is 36.5 Å². The number of nitrogens with zero attached hydrogens (tertiary/aromatic N) is 1. The Balaban J connectivity index is 1.49. The predicted octanol–water partition coefficient (Wildman–Crippen LogP) is 2.98. The molecule has 0 saturated carbocycles. The lowest BCUT2D eigenvalue weighted by molar-refractivity contribution is -0.134. The first kappa shape index (κ1) is 19.9. The Morgan fingerprint density at radius 2 is 1.87 bits per heavy atom. The Labute approximate surface area is 175 Å². The number of carbonyl (C=O) groups is 3. The molecule has 1 heterocycles. The number of urea groups is 1. The number of hydrogen-bond acceptors (Lipinski definition) is 4. The van der Waals surface area contributed by atoms with Gasteiger partial charge in [-0.05, 0) is 66.6 Å². The standard InChI is InChI=1S/C23H25N3O4/c1-3-23(17-8-11-19(30-2)12-9-17)21(28)26(22(29)25-23)14-20(27)24-18-10-7-15-5-4-6-16(15)13-18/h7-13H,3-6,14H2,1-2H3,(H,24,27)(H,25,29)/t23-/m0/s1. The highest BCUT2D eigenvalue weighted by molar-refractivity contribution is 6.10. The normalized spacial score (nSPS) is 20.1. The van der Waals surface area contributed by atoms with Gasteiger partial charge in [-0.15, -0.1) is 0 Å². The van der Waals surface area contributed by atoms with E-state index in [9.17, 15) is 14.4 Å². The minimum atomic E-state index is -1.18. The van der Waals surface area contributed by atoms with Crippen molar-refractivity contribution in [3.8, 4) is 5.75 Å². The molecule has 2 aromatic carbocycles. The Kier molecular flexibility index (Phi) is 5.20. The second-order valence-electron chi connectivity index (χ2n) is 7.69. The van der Waals surface area contributed by atoms with Gasteiger partial charge in [0.2, 0.25) is 5.91 Å². The third kappa shape index (κ3) is 3.40. The van der Waals surface area contributed by atoms with Crippen LogP contribution >= 0.6 is 0 Å². The van der Waals surface area contributed by atoms with Crippen LogP contribution in [0, 0.1) is 0 Å². The Morgan fingerprint density at radius 1 is 1.13 bits per heavy atom. The molecule has 0 unspecified atom stereocenters. The maximum Gasteiger partial charge on any atom is 0.325 e. The first-order valence-electron chi connectivity index (χ1n) is 10.2. The van der Waals surface area contributed by atoms with Gasteiger partial charge in [-0.3, -0.25) is 14.5 Å². The molecule has 4 rings (SSSR count). The number of anilines is 1. The molecule has 0 aromatic heterocycles. The van der Waals surface area contributed by atoms with Crippen molar-refractivity contribution in [2.24, 2.45) is 0 Å². The fourth-order valence-electron chi connectivity index (χ4n) is 4.28. The van der Waals surface area contributed by atoms with Gasteiger partial charge in [0.25, 0.3) is 5.91 Å². The summed E-state index contributed by atoms with van der Waals surface area (Å²) in [5.74, 6) is -0.172. The molecule has 1 fully saturated rings. The molecule has 2 aromatic rings. The molecule has 30 heavy (non-hydrogen) atoms. The molecule has 7 heteroatoms. The maximum absolute atomic E-state index is 13.2. The smallest absolute Gasteiger partial charge is 0.325 e. The van der Waals surface area contributed by atoms with E-state index in [0.29, 0.717) is 23.4 Å². The Hall–Kier alpha value is -3.35. The number of hydrogen-bond donors (Lipinski definition) is 2. The zero-order valence-electron chi connectivity index (χ0n) is 17.2. The van der Waals surface area contributed by atoms with Gasteiger partial charge in [-0.25, -0.2) is 4.79 Å². The van der Waals surface area contributed by atoms with Gasteiger partial charge in [0.1, 0.15) is 17.8 Å². The van der Waals surface area contributed by atoms with Gasteiger partial charge >= 0.3 is 6.03 Å². The molecule has 156 valence electrons. The topological polar surface area (TPSA) is 87.7 Å². The van der Waals surface area contributed by atoms with Crippen LogP contribution in [0.15, 0.2) is 42.5 Å². The third-order valence-electron chi connectivity index (χ3n) is 5.97. The average Bonchev–Trinajstić information content (AvgIpc) is 3.31. The van der Waals surface area contributed by atoms with E-state index in [1.54, 1.807) is 31.4 Å². The summed E-state index contributed by atoms with van der Waals surface area (Å²) in [6, 6.07) is 12.3. The first-order chi connectivity index (χ1) is 14.5. The maximum atomic E-state index is 13.2. The number of imide groups is 1. The summed E-state index contributed by atoms with van der Waals surface area (Å²) < 4.78 is 5.17. The molecular formula is C23H25N3O4. The molecule has 0 bridgehead atoms. The van der Waals surface area contributed by atoms with Crippen LogP contribution in [0.2, 0.25) is 0 Å². The highest BCUT2D eigenvalue weighted by Gasteiger charge is 2.51. The highest BCUT2D eigenvalue weighted by atomic mass is 16.5. The van der Waals surface area contributed by atoms with Gasteiger partial charge in [0.05, 0.1) is 7.11 Å². The van der Waals surface area contributed by atoms with Crippen molar-refractivity contribution < 1.29 is 19.1 Å². The molecule has 2 N–H and O–H groups in total. The fraction of sp³-hybridized carbons (Fsp3) is 0.348. The third-order valence-corrected chi connectivity index (χ3v) is 5.97. The predicted molar refractivity (Wildman–Crippen MR) is 112 cm³/mol. The molecule has 2 aliphatic rings. The van der Waals surface area contributed by atoms with E-state index < -0.39 is 23.4 Å². The largest absolute Gasteiger partial charge is 0.497 e. The average molecular weight is 407 g/mol. The van der Waals surface area contributed by atoms with Crippen molar-refractivity contribution in [2.75, 3.05) is 19.0 Å². The van der Waals surface area contributed by atoms with Crippen LogP contribution in [-0.2, 0) is 28.0 Å². The van der Waals surface area contributed by atoms with E-state index in [0.717, 1.165) is 24.2 Å². The Morgan fingerprint density at radius 3 is 2.57 bits per heavy atom. The number of fused-ring (bicyclic) bond motifs is 1. The molecular weight excluding hydrogens is 382 g/mol. The zero-order chi connectivity index (χ0) is 21.3.